The molecule has 1 aromatic carbocycles. The molecule has 1 aromatic rings. The Kier molecular flexibility index (Phi) is 6.04. The van der Waals surface area contributed by atoms with Crippen molar-refractivity contribution in [2.45, 2.75) is 45.9 Å². The van der Waals surface area contributed by atoms with Crippen LogP contribution in [-0.2, 0) is 5.33 Å². The molecule has 0 heterocycles. The summed E-state index contributed by atoms with van der Waals surface area (Å²) in [6.45, 7) is 9.57. The van der Waals surface area contributed by atoms with E-state index < -0.39 is 0 Å². The number of hydrogen-bond donors (Lipinski definition) is 0. The normalized spacial score (nSPS) is 10.9. The molecule has 1 nitrogen and oxygen atoms in total. The van der Waals surface area contributed by atoms with Gasteiger partial charge in [0.2, 0.25) is 0 Å². The lowest BCUT2D eigenvalue weighted by Gasteiger charge is -2.14. The van der Waals surface area contributed by atoms with Crippen LogP contribution in [0.2, 0.25) is 0 Å². The zero-order valence-corrected chi connectivity index (χ0v) is 12.9. The smallest absolute Gasteiger partial charge is 0.125 e. The van der Waals surface area contributed by atoms with Crippen LogP contribution in [0.15, 0.2) is 12.1 Å². The van der Waals surface area contributed by atoms with Gasteiger partial charge in [-0.2, -0.15) is 0 Å². The van der Waals surface area contributed by atoms with Gasteiger partial charge in [-0.1, -0.05) is 41.9 Å². The van der Waals surface area contributed by atoms with Crippen LogP contribution in [0.25, 0.3) is 0 Å². The van der Waals surface area contributed by atoms with Crippen molar-refractivity contribution >= 4 is 15.9 Å². The average molecular weight is 299 g/mol. The maximum Gasteiger partial charge on any atom is 0.125 e. The third-order valence-electron chi connectivity index (χ3n) is 2.85. The number of halogens is 1. The van der Waals surface area contributed by atoms with Crippen molar-refractivity contribution in [3.63, 3.8) is 0 Å². The highest BCUT2D eigenvalue weighted by Crippen LogP contribution is 2.26. The lowest BCUT2D eigenvalue weighted by Crippen LogP contribution is -2.02. The Morgan fingerprint density at radius 3 is 2.24 bits per heavy atom. The maximum absolute atomic E-state index is 5.90. The lowest BCUT2D eigenvalue weighted by molar-refractivity contribution is 0.294. The fraction of sp³-hybridized carbons (Fsp3) is 0.600. The van der Waals surface area contributed by atoms with E-state index in [1.807, 2.05) is 0 Å². The van der Waals surface area contributed by atoms with Gasteiger partial charge in [-0.3, -0.25) is 0 Å². The van der Waals surface area contributed by atoms with E-state index in [0.717, 1.165) is 30.0 Å². The first-order valence-corrected chi connectivity index (χ1v) is 7.45. The van der Waals surface area contributed by atoms with Crippen molar-refractivity contribution in [2.24, 2.45) is 5.92 Å². The highest BCUT2D eigenvalue weighted by molar-refractivity contribution is 9.08. The summed E-state index contributed by atoms with van der Waals surface area (Å²) < 4.78 is 5.90. The highest BCUT2D eigenvalue weighted by Gasteiger charge is 2.06. The van der Waals surface area contributed by atoms with Crippen molar-refractivity contribution in [1.29, 1.82) is 0 Å². The first kappa shape index (κ1) is 14.6. The molecular weight excluding hydrogens is 276 g/mol. The van der Waals surface area contributed by atoms with Crippen LogP contribution in [0, 0.1) is 19.8 Å². The second-order valence-electron chi connectivity index (χ2n) is 5.08. The van der Waals surface area contributed by atoms with Crippen molar-refractivity contribution in [1.82, 2.24) is 0 Å². The Labute approximate surface area is 114 Å². The van der Waals surface area contributed by atoms with Crippen LogP contribution >= 0.6 is 15.9 Å². The minimum absolute atomic E-state index is 0.761. The van der Waals surface area contributed by atoms with Crippen LogP contribution < -0.4 is 4.74 Å². The number of alkyl halides is 1. The van der Waals surface area contributed by atoms with Crippen LogP contribution in [-0.4, -0.2) is 6.61 Å². The highest BCUT2D eigenvalue weighted by atomic mass is 79.9. The van der Waals surface area contributed by atoms with Crippen molar-refractivity contribution in [2.75, 3.05) is 6.61 Å². The molecule has 0 spiro atoms. The monoisotopic (exact) mass is 298 g/mol. The van der Waals surface area contributed by atoms with Gasteiger partial charge in [-0.05, 0) is 49.3 Å². The Balaban J connectivity index is 2.59. The summed E-state index contributed by atoms with van der Waals surface area (Å²) in [6, 6.07) is 4.39. The van der Waals surface area contributed by atoms with E-state index >= 15 is 0 Å². The third kappa shape index (κ3) is 4.71. The van der Waals surface area contributed by atoms with E-state index in [2.05, 4.69) is 55.8 Å². The molecule has 0 saturated carbocycles. The van der Waals surface area contributed by atoms with Gasteiger partial charge >= 0.3 is 0 Å². The number of rotatable bonds is 6. The molecule has 1 rings (SSSR count). The van der Waals surface area contributed by atoms with Crippen molar-refractivity contribution in [3.8, 4) is 5.75 Å². The Bertz CT molecular complexity index is 335. The SMILES string of the molecule is Cc1cc(CBr)cc(C)c1OCCCC(C)C. The predicted molar refractivity (Wildman–Crippen MR) is 78.1 cm³/mol. The van der Waals surface area contributed by atoms with E-state index in [0.29, 0.717) is 0 Å². The largest absolute Gasteiger partial charge is 0.493 e. The van der Waals surface area contributed by atoms with Gasteiger partial charge < -0.3 is 4.74 Å². The van der Waals surface area contributed by atoms with Crippen molar-refractivity contribution < 1.29 is 4.74 Å². The number of aryl methyl sites for hydroxylation is 2. The van der Waals surface area contributed by atoms with Gasteiger partial charge in [0.25, 0.3) is 0 Å². The number of ether oxygens (including phenoxy) is 1. The van der Waals surface area contributed by atoms with Crippen LogP contribution in [0.3, 0.4) is 0 Å². The first-order chi connectivity index (χ1) is 8.04. The topological polar surface area (TPSA) is 9.23 Å². The molecule has 17 heavy (non-hydrogen) atoms. The Morgan fingerprint density at radius 1 is 1.18 bits per heavy atom. The second-order valence-corrected chi connectivity index (χ2v) is 5.64. The number of hydrogen-bond acceptors (Lipinski definition) is 1. The van der Waals surface area contributed by atoms with E-state index in [4.69, 9.17) is 4.74 Å². The fourth-order valence-corrected chi connectivity index (χ4v) is 2.33. The quantitative estimate of drug-likeness (QED) is 0.530. The summed E-state index contributed by atoms with van der Waals surface area (Å²) in [5, 5.41) is 0.905. The zero-order chi connectivity index (χ0) is 12.8. The Morgan fingerprint density at radius 2 is 1.76 bits per heavy atom. The summed E-state index contributed by atoms with van der Waals surface area (Å²) in [4.78, 5) is 0. The van der Waals surface area contributed by atoms with Crippen LogP contribution in [0.1, 0.15) is 43.4 Å². The molecule has 0 aliphatic carbocycles. The van der Waals surface area contributed by atoms with Gasteiger partial charge in [0.05, 0.1) is 6.61 Å². The molecule has 96 valence electrons. The molecule has 2 heteroatoms. The second kappa shape index (κ2) is 7.05. The maximum atomic E-state index is 5.90. The predicted octanol–water partition coefficient (Wildman–Crippen LogP) is 5.01. The Hall–Kier alpha value is -0.500. The summed E-state index contributed by atoms with van der Waals surface area (Å²) in [6.07, 6.45) is 2.37. The molecule has 0 atom stereocenters. The summed E-state index contributed by atoms with van der Waals surface area (Å²) in [7, 11) is 0. The minimum atomic E-state index is 0.761. The summed E-state index contributed by atoms with van der Waals surface area (Å²) >= 11 is 3.49. The number of benzene rings is 1. The van der Waals surface area contributed by atoms with Gasteiger partial charge in [-0.15, -0.1) is 0 Å². The molecule has 0 bridgehead atoms. The van der Waals surface area contributed by atoms with Gasteiger partial charge in [0, 0.05) is 5.33 Å². The summed E-state index contributed by atoms with van der Waals surface area (Å²) in [5.74, 6) is 1.83. The van der Waals surface area contributed by atoms with E-state index in [9.17, 15) is 0 Å². The van der Waals surface area contributed by atoms with Crippen LogP contribution in [0.5, 0.6) is 5.75 Å². The average Bonchev–Trinajstić information content (AvgIpc) is 2.26. The molecule has 0 fully saturated rings. The summed E-state index contributed by atoms with van der Waals surface area (Å²) in [5.41, 5.74) is 3.79. The molecule has 0 aromatic heterocycles. The van der Waals surface area contributed by atoms with Crippen molar-refractivity contribution in [3.05, 3.63) is 28.8 Å². The fourth-order valence-electron chi connectivity index (χ4n) is 2.01. The van der Waals surface area contributed by atoms with Gasteiger partial charge in [0.15, 0.2) is 0 Å². The van der Waals surface area contributed by atoms with Gasteiger partial charge in [-0.25, -0.2) is 0 Å². The molecule has 0 amide bonds. The molecule has 0 radical (unpaired) electrons. The third-order valence-corrected chi connectivity index (χ3v) is 3.49. The standard InChI is InChI=1S/C15H23BrO/c1-11(2)6-5-7-17-15-12(3)8-14(10-16)9-13(15)4/h8-9,11H,5-7,10H2,1-4H3. The van der Waals surface area contributed by atoms with E-state index in [1.54, 1.807) is 0 Å². The molecule has 0 unspecified atom stereocenters. The zero-order valence-electron chi connectivity index (χ0n) is 11.3. The molecule has 0 saturated heterocycles. The first-order valence-electron chi connectivity index (χ1n) is 6.33. The van der Waals surface area contributed by atoms with E-state index in [1.165, 1.54) is 23.1 Å². The minimum Gasteiger partial charge on any atom is -0.493 e. The molecule has 0 aliphatic rings. The van der Waals surface area contributed by atoms with Gasteiger partial charge in [0.1, 0.15) is 5.75 Å². The molecule has 0 N–H and O–H groups in total. The molecular formula is C15H23BrO. The molecule has 0 aliphatic heterocycles. The van der Waals surface area contributed by atoms with E-state index in [-0.39, 0.29) is 0 Å². The lowest BCUT2D eigenvalue weighted by atomic mass is 10.1. The van der Waals surface area contributed by atoms with Crippen LogP contribution in [0.4, 0.5) is 0 Å².